The Morgan fingerprint density at radius 3 is 3.00 bits per heavy atom. The van der Waals surface area contributed by atoms with Crippen LogP contribution < -0.4 is 5.32 Å². The molecule has 2 unspecified atom stereocenters. The maximum absolute atomic E-state index is 11.7. The lowest BCUT2D eigenvalue weighted by Crippen LogP contribution is -2.32. The van der Waals surface area contributed by atoms with Crippen molar-refractivity contribution in [3.05, 3.63) is 20.8 Å². The Morgan fingerprint density at radius 2 is 2.44 bits per heavy atom. The summed E-state index contributed by atoms with van der Waals surface area (Å²) in [5.41, 5.74) is 0.685. The van der Waals surface area contributed by atoms with Crippen LogP contribution in [0.5, 0.6) is 0 Å². The first kappa shape index (κ1) is 12.1. The normalized spacial score (nSPS) is 24.6. The number of hydrogen-bond donors (Lipinski definition) is 2. The molecule has 1 amide bonds. The molecular formula is C11H14BrNO2S. The summed E-state index contributed by atoms with van der Waals surface area (Å²) in [4.78, 5) is 11.7. The predicted octanol–water partition coefficient (Wildman–Crippen LogP) is 2.40. The van der Waals surface area contributed by atoms with Crippen molar-refractivity contribution in [2.45, 2.75) is 25.4 Å². The van der Waals surface area contributed by atoms with Crippen LogP contribution in [0, 0.1) is 5.92 Å². The van der Waals surface area contributed by atoms with E-state index in [0.29, 0.717) is 12.1 Å². The van der Waals surface area contributed by atoms with Gasteiger partial charge in [0.25, 0.3) is 5.91 Å². The number of carbonyl (C=O) groups excluding carboxylic acids is 1. The second-order valence-electron chi connectivity index (χ2n) is 4.11. The molecular weight excluding hydrogens is 290 g/mol. The highest BCUT2D eigenvalue weighted by Crippen LogP contribution is 2.25. The molecule has 1 aromatic heterocycles. The van der Waals surface area contributed by atoms with Gasteiger partial charge in [-0.1, -0.05) is 6.42 Å². The van der Waals surface area contributed by atoms with Gasteiger partial charge in [-0.3, -0.25) is 4.79 Å². The first-order valence-corrected chi connectivity index (χ1v) is 7.04. The second kappa shape index (κ2) is 5.29. The van der Waals surface area contributed by atoms with E-state index < -0.39 is 0 Å². The number of halogens is 1. The number of hydrogen-bond acceptors (Lipinski definition) is 3. The Bertz CT molecular complexity index is 380. The monoisotopic (exact) mass is 303 g/mol. The van der Waals surface area contributed by atoms with Crippen LogP contribution in [0.4, 0.5) is 0 Å². The molecule has 1 aliphatic carbocycles. The molecule has 5 heteroatoms. The minimum atomic E-state index is -0.241. The van der Waals surface area contributed by atoms with E-state index in [4.69, 9.17) is 0 Å². The van der Waals surface area contributed by atoms with Gasteiger partial charge in [-0.15, -0.1) is 11.3 Å². The number of nitrogens with one attached hydrogen (secondary N) is 1. The van der Waals surface area contributed by atoms with E-state index in [0.717, 1.165) is 23.0 Å². The number of rotatable bonds is 3. The second-order valence-corrected chi connectivity index (χ2v) is 6.40. The molecule has 16 heavy (non-hydrogen) atoms. The van der Waals surface area contributed by atoms with E-state index in [1.807, 2.05) is 11.4 Å². The lowest BCUT2D eigenvalue weighted by Gasteiger charge is -2.14. The summed E-state index contributed by atoms with van der Waals surface area (Å²) in [6.07, 6.45) is 2.69. The van der Waals surface area contributed by atoms with Crippen LogP contribution in [0.15, 0.2) is 15.2 Å². The van der Waals surface area contributed by atoms with E-state index in [1.54, 1.807) is 0 Å². The number of carbonyl (C=O) groups is 1. The fourth-order valence-corrected chi connectivity index (χ4v) is 3.15. The van der Waals surface area contributed by atoms with Gasteiger partial charge in [-0.2, -0.15) is 0 Å². The molecule has 2 rings (SSSR count). The molecule has 1 fully saturated rings. The third-order valence-corrected chi connectivity index (χ3v) is 4.48. The zero-order valence-electron chi connectivity index (χ0n) is 8.78. The highest BCUT2D eigenvalue weighted by Gasteiger charge is 2.25. The molecule has 0 aliphatic heterocycles. The lowest BCUT2D eigenvalue weighted by atomic mass is 10.1. The molecule has 0 bridgehead atoms. The van der Waals surface area contributed by atoms with E-state index >= 15 is 0 Å². The maximum Gasteiger partial charge on any atom is 0.252 e. The van der Waals surface area contributed by atoms with E-state index in [9.17, 15) is 9.90 Å². The molecule has 1 saturated carbocycles. The van der Waals surface area contributed by atoms with Crippen molar-refractivity contribution < 1.29 is 9.90 Å². The minimum absolute atomic E-state index is 0.0546. The maximum atomic E-state index is 11.7. The molecule has 2 N–H and O–H groups in total. The Morgan fingerprint density at radius 1 is 1.62 bits per heavy atom. The van der Waals surface area contributed by atoms with Gasteiger partial charge >= 0.3 is 0 Å². The molecule has 0 aromatic carbocycles. The Hall–Kier alpha value is -0.390. The molecule has 3 nitrogen and oxygen atoms in total. The Labute approximate surface area is 107 Å². The van der Waals surface area contributed by atoms with Crippen molar-refractivity contribution in [1.29, 1.82) is 0 Å². The van der Waals surface area contributed by atoms with E-state index in [2.05, 4.69) is 21.2 Å². The minimum Gasteiger partial charge on any atom is -0.393 e. The van der Waals surface area contributed by atoms with Gasteiger partial charge in [0.05, 0.1) is 15.5 Å². The van der Waals surface area contributed by atoms with Crippen molar-refractivity contribution >= 4 is 33.2 Å². The SMILES string of the molecule is O=C(NCC1CCCC1O)c1csc(Br)c1. The third-order valence-electron chi connectivity index (χ3n) is 2.97. The van der Waals surface area contributed by atoms with Crippen LogP contribution in [0.1, 0.15) is 29.6 Å². The van der Waals surface area contributed by atoms with Crippen molar-refractivity contribution in [2.75, 3.05) is 6.54 Å². The third kappa shape index (κ3) is 2.84. The van der Waals surface area contributed by atoms with Crippen LogP contribution in [0.25, 0.3) is 0 Å². The van der Waals surface area contributed by atoms with Gasteiger partial charge in [-0.25, -0.2) is 0 Å². The summed E-state index contributed by atoms with van der Waals surface area (Å²) in [7, 11) is 0. The average molecular weight is 304 g/mol. The highest BCUT2D eigenvalue weighted by atomic mass is 79.9. The first-order chi connectivity index (χ1) is 7.66. The van der Waals surface area contributed by atoms with Crippen LogP contribution in [0.2, 0.25) is 0 Å². The standard InChI is InChI=1S/C11H14BrNO2S/c12-10-4-8(6-16-10)11(15)13-5-7-2-1-3-9(7)14/h4,6-7,9,14H,1-3,5H2,(H,13,15). The summed E-state index contributed by atoms with van der Waals surface area (Å²) in [5.74, 6) is 0.173. The number of aliphatic hydroxyl groups excluding tert-OH is 1. The molecule has 88 valence electrons. The first-order valence-electron chi connectivity index (χ1n) is 5.37. The molecule has 0 saturated heterocycles. The van der Waals surface area contributed by atoms with Crippen molar-refractivity contribution in [3.8, 4) is 0 Å². The van der Waals surface area contributed by atoms with Gasteiger partial charge in [0, 0.05) is 17.8 Å². The summed E-state index contributed by atoms with van der Waals surface area (Å²) in [5, 5.41) is 14.3. The van der Waals surface area contributed by atoms with Gasteiger partial charge in [0.1, 0.15) is 0 Å². The molecule has 1 aliphatic rings. The van der Waals surface area contributed by atoms with Gasteiger partial charge in [-0.05, 0) is 34.8 Å². The smallest absolute Gasteiger partial charge is 0.252 e. The molecule has 0 radical (unpaired) electrons. The highest BCUT2D eigenvalue weighted by molar-refractivity contribution is 9.11. The number of thiophene rings is 1. The number of amides is 1. The van der Waals surface area contributed by atoms with Crippen molar-refractivity contribution in [1.82, 2.24) is 5.32 Å². The van der Waals surface area contributed by atoms with Crippen molar-refractivity contribution in [2.24, 2.45) is 5.92 Å². The lowest BCUT2D eigenvalue weighted by molar-refractivity contribution is 0.0917. The summed E-state index contributed by atoms with van der Waals surface area (Å²) in [6, 6.07) is 1.81. The number of aliphatic hydroxyl groups is 1. The summed E-state index contributed by atoms with van der Waals surface area (Å²) in [6.45, 7) is 0.577. The van der Waals surface area contributed by atoms with Crippen LogP contribution >= 0.6 is 27.3 Å². The molecule has 0 spiro atoms. The van der Waals surface area contributed by atoms with Gasteiger partial charge in [0.2, 0.25) is 0 Å². The van der Waals surface area contributed by atoms with E-state index in [-0.39, 0.29) is 17.9 Å². The predicted molar refractivity (Wildman–Crippen MR) is 67.7 cm³/mol. The average Bonchev–Trinajstić information content (AvgIpc) is 2.84. The molecule has 2 atom stereocenters. The summed E-state index contributed by atoms with van der Waals surface area (Å²) >= 11 is 4.82. The fourth-order valence-electron chi connectivity index (χ4n) is 2.01. The van der Waals surface area contributed by atoms with Crippen LogP contribution in [-0.4, -0.2) is 23.7 Å². The molecule has 1 heterocycles. The fraction of sp³-hybridized carbons (Fsp3) is 0.545. The van der Waals surface area contributed by atoms with E-state index in [1.165, 1.54) is 11.3 Å². The van der Waals surface area contributed by atoms with Crippen molar-refractivity contribution in [3.63, 3.8) is 0 Å². The van der Waals surface area contributed by atoms with Crippen LogP contribution in [-0.2, 0) is 0 Å². The molecule has 1 aromatic rings. The van der Waals surface area contributed by atoms with Gasteiger partial charge in [0.15, 0.2) is 0 Å². The quantitative estimate of drug-likeness (QED) is 0.901. The Kier molecular flexibility index (Phi) is 4.00. The summed E-state index contributed by atoms with van der Waals surface area (Å²) < 4.78 is 0.957. The largest absolute Gasteiger partial charge is 0.393 e. The topological polar surface area (TPSA) is 49.3 Å². The zero-order valence-corrected chi connectivity index (χ0v) is 11.2. The van der Waals surface area contributed by atoms with Gasteiger partial charge < -0.3 is 10.4 Å². The Balaban J connectivity index is 1.84. The zero-order chi connectivity index (χ0) is 11.5. The van der Waals surface area contributed by atoms with Crippen LogP contribution in [0.3, 0.4) is 0 Å².